The van der Waals surface area contributed by atoms with Crippen LogP contribution in [0, 0.1) is 0 Å². The van der Waals surface area contributed by atoms with Crippen molar-refractivity contribution in [1.82, 2.24) is 19.8 Å². The molecule has 0 aliphatic carbocycles. The summed E-state index contributed by atoms with van der Waals surface area (Å²) in [4.78, 5) is 27.0. The van der Waals surface area contributed by atoms with E-state index in [9.17, 15) is 9.59 Å². The fourth-order valence-electron chi connectivity index (χ4n) is 2.48. The quantitative estimate of drug-likeness (QED) is 0.636. The first kappa shape index (κ1) is 18.2. The van der Waals surface area contributed by atoms with Gasteiger partial charge in [-0.15, -0.1) is 4.68 Å². The molecule has 0 atom stereocenters. The summed E-state index contributed by atoms with van der Waals surface area (Å²) in [5, 5.41) is 7.94. The topological polar surface area (TPSA) is 73.0 Å². The zero-order valence-electron chi connectivity index (χ0n) is 13.8. The third-order valence-corrected chi connectivity index (χ3v) is 4.27. The Morgan fingerprint density at radius 1 is 1.04 bits per heavy atom. The van der Waals surface area contributed by atoms with Crippen LogP contribution in [0.1, 0.15) is 13.3 Å². The number of amides is 1. The van der Waals surface area contributed by atoms with Crippen molar-refractivity contribution in [2.45, 2.75) is 13.3 Å². The van der Waals surface area contributed by atoms with Crippen molar-refractivity contribution in [3.8, 4) is 5.69 Å². The molecule has 3 rings (SSSR count). The highest BCUT2D eigenvalue weighted by atomic mass is 35.5. The highest BCUT2D eigenvalue weighted by Crippen LogP contribution is 2.26. The summed E-state index contributed by atoms with van der Waals surface area (Å²) in [6.45, 7) is 2.36. The molecule has 1 aromatic heterocycles. The lowest BCUT2D eigenvalue weighted by Crippen LogP contribution is -2.41. The zero-order chi connectivity index (χ0) is 18.7. The van der Waals surface area contributed by atoms with Gasteiger partial charge in [-0.25, -0.2) is 9.59 Å². The van der Waals surface area contributed by atoms with Crippen molar-refractivity contribution < 1.29 is 4.79 Å². The minimum atomic E-state index is -0.748. The number of hydrogen-bond acceptors (Lipinski definition) is 4. The van der Waals surface area contributed by atoms with Gasteiger partial charge in [0, 0.05) is 12.2 Å². The van der Waals surface area contributed by atoms with E-state index in [1.807, 2.05) is 25.1 Å². The van der Waals surface area contributed by atoms with Gasteiger partial charge in [-0.2, -0.15) is 4.68 Å². The third kappa shape index (κ3) is 3.36. The minimum Gasteiger partial charge on any atom is -0.292 e. The lowest BCUT2D eigenvalue weighted by Gasteiger charge is -2.20. The molecule has 0 N–H and O–H groups in total. The normalized spacial score (nSPS) is 10.7. The second-order valence-corrected chi connectivity index (χ2v) is 6.24. The first-order valence-electron chi connectivity index (χ1n) is 7.91. The third-order valence-electron chi connectivity index (χ3n) is 3.66. The lowest BCUT2D eigenvalue weighted by atomic mass is 10.3. The summed E-state index contributed by atoms with van der Waals surface area (Å²) >= 11 is 12.2. The zero-order valence-corrected chi connectivity index (χ0v) is 15.4. The van der Waals surface area contributed by atoms with Crippen molar-refractivity contribution >= 4 is 34.9 Å². The fourth-order valence-corrected chi connectivity index (χ4v) is 3.04. The van der Waals surface area contributed by atoms with Gasteiger partial charge in [0.25, 0.3) is 0 Å². The van der Waals surface area contributed by atoms with E-state index in [0.29, 0.717) is 23.3 Å². The van der Waals surface area contributed by atoms with Crippen LogP contribution in [0.4, 0.5) is 10.5 Å². The van der Waals surface area contributed by atoms with Gasteiger partial charge < -0.3 is 0 Å². The van der Waals surface area contributed by atoms with Gasteiger partial charge in [0.15, 0.2) is 0 Å². The van der Waals surface area contributed by atoms with E-state index >= 15 is 0 Å². The lowest BCUT2D eigenvalue weighted by molar-refractivity contribution is 0.243. The van der Waals surface area contributed by atoms with Gasteiger partial charge >= 0.3 is 11.7 Å². The largest absolute Gasteiger partial charge is 0.377 e. The van der Waals surface area contributed by atoms with E-state index in [1.54, 1.807) is 30.3 Å². The molecule has 134 valence electrons. The van der Waals surface area contributed by atoms with Crippen LogP contribution in [0.2, 0.25) is 10.0 Å². The summed E-state index contributed by atoms with van der Waals surface area (Å²) in [5.74, 6) is 0. The summed E-state index contributed by atoms with van der Waals surface area (Å²) in [6, 6.07) is 13.2. The van der Waals surface area contributed by atoms with Crippen LogP contribution in [0.5, 0.6) is 0 Å². The first-order chi connectivity index (χ1) is 12.5. The smallest absolute Gasteiger partial charge is 0.292 e. The van der Waals surface area contributed by atoms with Crippen molar-refractivity contribution in [1.29, 1.82) is 0 Å². The maximum Gasteiger partial charge on any atom is 0.377 e. The molecule has 0 aliphatic heterocycles. The molecule has 0 saturated carbocycles. The standard InChI is InChI=1S/C17H15Cl2N5O2/c1-2-11-22(12-7-4-3-5-8-12)16(25)24-17(26)23(20-21-24)15-13(18)9-6-10-14(15)19/h3-10H,2,11H2,1H3. The monoisotopic (exact) mass is 391 g/mol. The summed E-state index contributed by atoms with van der Waals surface area (Å²) in [7, 11) is 0. The second kappa shape index (κ2) is 7.72. The predicted molar refractivity (Wildman–Crippen MR) is 101 cm³/mol. The molecular formula is C17H15Cl2N5O2. The predicted octanol–water partition coefficient (Wildman–Crippen LogP) is 3.62. The number of aromatic nitrogens is 4. The molecule has 1 amide bonds. The van der Waals surface area contributed by atoms with Crippen LogP contribution in [0.15, 0.2) is 53.3 Å². The van der Waals surface area contributed by atoms with Crippen LogP contribution in [-0.4, -0.2) is 32.4 Å². The molecular weight excluding hydrogens is 377 g/mol. The molecule has 0 saturated heterocycles. The van der Waals surface area contributed by atoms with Crippen molar-refractivity contribution in [2.24, 2.45) is 0 Å². The van der Waals surface area contributed by atoms with E-state index in [1.165, 1.54) is 4.90 Å². The molecule has 0 unspecified atom stereocenters. The molecule has 26 heavy (non-hydrogen) atoms. The maximum absolute atomic E-state index is 12.9. The number of benzene rings is 2. The molecule has 0 bridgehead atoms. The number of anilines is 1. The van der Waals surface area contributed by atoms with Crippen LogP contribution >= 0.6 is 23.2 Å². The Morgan fingerprint density at radius 3 is 2.31 bits per heavy atom. The van der Waals surface area contributed by atoms with E-state index in [2.05, 4.69) is 10.4 Å². The Morgan fingerprint density at radius 2 is 1.69 bits per heavy atom. The molecule has 7 nitrogen and oxygen atoms in total. The average molecular weight is 392 g/mol. The molecule has 0 aliphatic rings. The number of hydrogen-bond donors (Lipinski definition) is 0. The number of para-hydroxylation sites is 2. The van der Waals surface area contributed by atoms with Crippen LogP contribution in [-0.2, 0) is 0 Å². The Kier molecular flexibility index (Phi) is 5.39. The van der Waals surface area contributed by atoms with Gasteiger partial charge in [0.05, 0.1) is 10.0 Å². The Labute approximate surface area is 159 Å². The summed E-state index contributed by atoms with van der Waals surface area (Å²) < 4.78 is 1.61. The molecule has 1 heterocycles. The van der Waals surface area contributed by atoms with Gasteiger partial charge in [-0.3, -0.25) is 4.90 Å². The Balaban J connectivity index is 2.04. The number of halogens is 2. The number of carbonyl (C=O) groups is 1. The molecule has 3 aromatic rings. The van der Waals surface area contributed by atoms with Crippen molar-refractivity contribution in [3.05, 3.63) is 69.1 Å². The van der Waals surface area contributed by atoms with Gasteiger partial charge in [0.2, 0.25) is 0 Å². The molecule has 0 radical (unpaired) electrons. The SMILES string of the molecule is CCCN(C(=O)n1nnn(-c2c(Cl)cccc2Cl)c1=O)c1ccccc1. The van der Waals surface area contributed by atoms with E-state index < -0.39 is 11.7 Å². The van der Waals surface area contributed by atoms with Gasteiger partial charge in [-0.1, -0.05) is 54.4 Å². The minimum absolute atomic E-state index is 0.182. The van der Waals surface area contributed by atoms with Crippen molar-refractivity contribution in [2.75, 3.05) is 11.4 Å². The van der Waals surface area contributed by atoms with E-state index in [-0.39, 0.29) is 15.7 Å². The number of nitrogens with zero attached hydrogens (tertiary/aromatic N) is 5. The summed E-state index contributed by atoms with van der Waals surface area (Å²) in [5.41, 5.74) is 0.0975. The number of carbonyl (C=O) groups excluding carboxylic acids is 1. The Bertz CT molecular complexity index is 964. The van der Waals surface area contributed by atoms with Gasteiger partial charge in [0.1, 0.15) is 5.69 Å². The molecule has 0 spiro atoms. The maximum atomic E-state index is 12.9. The number of rotatable bonds is 4. The fraction of sp³-hybridized carbons (Fsp3) is 0.176. The van der Waals surface area contributed by atoms with Crippen molar-refractivity contribution in [3.63, 3.8) is 0 Å². The van der Waals surface area contributed by atoms with Crippen LogP contribution in [0.25, 0.3) is 5.69 Å². The second-order valence-electron chi connectivity index (χ2n) is 5.43. The molecule has 0 fully saturated rings. The Hall–Kier alpha value is -2.64. The first-order valence-corrected chi connectivity index (χ1v) is 8.66. The molecule has 2 aromatic carbocycles. The van der Waals surface area contributed by atoms with E-state index in [4.69, 9.17) is 23.2 Å². The number of tetrazole rings is 1. The summed E-state index contributed by atoms with van der Waals surface area (Å²) in [6.07, 6.45) is 0.708. The molecule has 9 heteroatoms. The van der Waals surface area contributed by atoms with Crippen LogP contribution in [0.3, 0.4) is 0 Å². The van der Waals surface area contributed by atoms with Crippen LogP contribution < -0.4 is 10.6 Å². The van der Waals surface area contributed by atoms with E-state index in [0.717, 1.165) is 4.68 Å². The highest BCUT2D eigenvalue weighted by molar-refractivity contribution is 6.37. The van der Waals surface area contributed by atoms with Gasteiger partial charge in [-0.05, 0) is 41.1 Å². The average Bonchev–Trinajstić information content (AvgIpc) is 3.01. The highest BCUT2D eigenvalue weighted by Gasteiger charge is 2.23.